The number of carbonyl (C=O) groups is 2. The summed E-state index contributed by atoms with van der Waals surface area (Å²) in [5, 5.41) is 15.6. The SMILES string of the molecule is CC(C)Cc1ccc(CCNc2ccc(-c3csc(CN(CC(=O)O)C(=O)Cc4ccc(C(C)C)cc4)n3)cc2)cc1. The third kappa shape index (κ3) is 9.28. The van der Waals surface area contributed by atoms with E-state index in [0.29, 0.717) is 16.8 Å². The van der Waals surface area contributed by atoms with E-state index in [9.17, 15) is 14.7 Å². The Kier molecular flexibility index (Phi) is 10.9. The van der Waals surface area contributed by atoms with Crippen LogP contribution in [0.2, 0.25) is 0 Å². The van der Waals surface area contributed by atoms with Gasteiger partial charge in [0.15, 0.2) is 0 Å². The first kappa shape index (κ1) is 31.0. The lowest BCUT2D eigenvalue weighted by Gasteiger charge is -2.19. The monoisotopic (exact) mass is 583 g/mol. The molecule has 0 atom stereocenters. The van der Waals surface area contributed by atoms with Crippen molar-refractivity contribution < 1.29 is 14.7 Å². The highest BCUT2D eigenvalue weighted by Crippen LogP contribution is 2.25. The maximum absolute atomic E-state index is 13.0. The van der Waals surface area contributed by atoms with Crippen LogP contribution in [-0.2, 0) is 35.4 Å². The Labute approximate surface area is 253 Å². The number of thiazole rings is 1. The number of benzene rings is 3. The van der Waals surface area contributed by atoms with E-state index in [0.717, 1.165) is 41.9 Å². The number of amides is 1. The fraction of sp³-hybridized carbons (Fsp3) is 0.343. The Morgan fingerprint density at radius 3 is 2.14 bits per heavy atom. The summed E-state index contributed by atoms with van der Waals surface area (Å²) in [5.41, 5.74) is 7.62. The van der Waals surface area contributed by atoms with Gasteiger partial charge >= 0.3 is 5.97 Å². The number of nitrogens with one attached hydrogen (secondary N) is 1. The zero-order valence-corrected chi connectivity index (χ0v) is 25.8. The van der Waals surface area contributed by atoms with Crippen molar-refractivity contribution >= 4 is 28.9 Å². The van der Waals surface area contributed by atoms with Crippen LogP contribution >= 0.6 is 11.3 Å². The van der Waals surface area contributed by atoms with Crippen LogP contribution in [0.3, 0.4) is 0 Å². The van der Waals surface area contributed by atoms with E-state index in [1.165, 1.54) is 32.9 Å². The number of hydrogen-bond donors (Lipinski definition) is 2. The molecular weight excluding hydrogens is 542 g/mol. The number of rotatable bonds is 14. The van der Waals surface area contributed by atoms with Crippen molar-refractivity contribution in [3.63, 3.8) is 0 Å². The van der Waals surface area contributed by atoms with Crippen molar-refractivity contribution in [3.8, 4) is 11.3 Å². The number of hydrogen-bond acceptors (Lipinski definition) is 5. The smallest absolute Gasteiger partial charge is 0.323 e. The standard InChI is InChI=1S/C35H41N3O3S/c1-24(2)19-27-7-5-26(6-8-27)17-18-36-31-15-13-30(14-16-31)32-23-42-33(37-32)21-38(22-35(40)41)34(39)20-28-9-11-29(12-10-28)25(3)4/h5-16,23-25,36H,17-22H2,1-4H3,(H,40,41). The maximum Gasteiger partial charge on any atom is 0.323 e. The number of carboxylic acid groups (broad SMARTS) is 1. The van der Waals surface area contributed by atoms with Crippen molar-refractivity contribution in [1.82, 2.24) is 9.88 Å². The molecule has 0 unspecified atom stereocenters. The molecule has 0 saturated heterocycles. The highest BCUT2D eigenvalue weighted by molar-refractivity contribution is 7.09. The molecule has 6 nitrogen and oxygen atoms in total. The van der Waals surface area contributed by atoms with E-state index in [1.54, 1.807) is 0 Å². The summed E-state index contributed by atoms with van der Waals surface area (Å²) in [4.78, 5) is 30.7. The molecule has 0 bridgehead atoms. The molecule has 4 rings (SSSR count). The Morgan fingerprint density at radius 1 is 0.881 bits per heavy atom. The van der Waals surface area contributed by atoms with Gasteiger partial charge in [-0.2, -0.15) is 0 Å². The predicted octanol–water partition coefficient (Wildman–Crippen LogP) is 7.44. The van der Waals surface area contributed by atoms with E-state index in [2.05, 4.69) is 57.3 Å². The summed E-state index contributed by atoms with van der Waals surface area (Å²) in [6.45, 7) is 9.38. The van der Waals surface area contributed by atoms with E-state index >= 15 is 0 Å². The molecule has 0 radical (unpaired) electrons. The van der Waals surface area contributed by atoms with Gasteiger partial charge in [0, 0.05) is 23.2 Å². The first-order valence-corrected chi connectivity index (χ1v) is 15.5. The van der Waals surface area contributed by atoms with Crippen molar-refractivity contribution in [2.24, 2.45) is 5.92 Å². The average molecular weight is 584 g/mol. The summed E-state index contributed by atoms with van der Waals surface area (Å²) < 4.78 is 0. The highest BCUT2D eigenvalue weighted by Gasteiger charge is 2.19. The third-order valence-electron chi connectivity index (χ3n) is 7.15. The molecule has 1 amide bonds. The van der Waals surface area contributed by atoms with Gasteiger partial charge in [0.1, 0.15) is 11.6 Å². The quantitative estimate of drug-likeness (QED) is 0.161. The van der Waals surface area contributed by atoms with Gasteiger partial charge in [0.2, 0.25) is 5.91 Å². The van der Waals surface area contributed by atoms with Crippen LogP contribution in [0, 0.1) is 5.92 Å². The molecule has 0 aliphatic heterocycles. The van der Waals surface area contributed by atoms with Gasteiger partial charge in [-0.1, -0.05) is 88.4 Å². The minimum absolute atomic E-state index is 0.155. The molecular formula is C35H41N3O3S. The van der Waals surface area contributed by atoms with Crippen LogP contribution in [0.25, 0.3) is 11.3 Å². The van der Waals surface area contributed by atoms with E-state index in [1.807, 2.05) is 53.9 Å². The zero-order valence-electron chi connectivity index (χ0n) is 25.0. The molecule has 1 heterocycles. The summed E-state index contributed by atoms with van der Waals surface area (Å²) in [6.07, 6.45) is 2.22. The van der Waals surface area contributed by atoms with Gasteiger partial charge in [-0.25, -0.2) is 4.98 Å². The molecule has 4 aromatic rings. The van der Waals surface area contributed by atoms with Crippen molar-refractivity contribution in [2.45, 2.75) is 59.4 Å². The first-order chi connectivity index (χ1) is 20.2. The maximum atomic E-state index is 13.0. The van der Waals surface area contributed by atoms with Crippen LogP contribution in [0.4, 0.5) is 5.69 Å². The zero-order chi connectivity index (χ0) is 30.1. The number of carboxylic acids is 1. The molecule has 0 aliphatic carbocycles. The summed E-state index contributed by atoms with van der Waals surface area (Å²) >= 11 is 1.43. The Morgan fingerprint density at radius 2 is 1.52 bits per heavy atom. The van der Waals surface area contributed by atoms with E-state index in [-0.39, 0.29) is 25.4 Å². The molecule has 2 N–H and O–H groups in total. The summed E-state index contributed by atoms with van der Waals surface area (Å²) in [6, 6.07) is 25.0. The predicted molar refractivity (Wildman–Crippen MR) is 172 cm³/mol. The lowest BCUT2D eigenvalue weighted by molar-refractivity contribution is -0.144. The van der Waals surface area contributed by atoms with Crippen molar-refractivity contribution in [2.75, 3.05) is 18.4 Å². The molecule has 0 fully saturated rings. The lowest BCUT2D eigenvalue weighted by Crippen LogP contribution is -2.36. The Hall–Kier alpha value is -3.97. The topological polar surface area (TPSA) is 82.5 Å². The average Bonchev–Trinajstić information content (AvgIpc) is 3.42. The molecule has 0 spiro atoms. The molecule has 42 heavy (non-hydrogen) atoms. The van der Waals surface area contributed by atoms with Crippen LogP contribution in [-0.4, -0.2) is 40.0 Å². The lowest BCUT2D eigenvalue weighted by atomic mass is 10.0. The van der Waals surface area contributed by atoms with Gasteiger partial charge in [0.25, 0.3) is 0 Å². The van der Waals surface area contributed by atoms with Gasteiger partial charge in [-0.15, -0.1) is 11.3 Å². The second kappa shape index (κ2) is 14.8. The minimum atomic E-state index is -1.04. The molecule has 3 aromatic carbocycles. The number of aromatic nitrogens is 1. The van der Waals surface area contributed by atoms with Crippen molar-refractivity contribution in [1.29, 1.82) is 0 Å². The van der Waals surface area contributed by atoms with Crippen LogP contribution in [0.15, 0.2) is 78.2 Å². The fourth-order valence-corrected chi connectivity index (χ4v) is 5.62. The minimum Gasteiger partial charge on any atom is -0.480 e. The highest BCUT2D eigenvalue weighted by atomic mass is 32.1. The Balaban J connectivity index is 1.31. The first-order valence-electron chi connectivity index (χ1n) is 14.6. The van der Waals surface area contributed by atoms with Gasteiger partial charge in [0.05, 0.1) is 18.7 Å². The number of anilines is 1. The summed E-state index contributed by atoms with van der Waals surface area (Å²) in [7, 11) is 0. The Bertz CT molecular complexity index is 1440. The number of carbonyl (C=O) groups excluding carboxylic acids is 1. The van der Waals surface area contributed by atoms with Crippen LogP contribution in [0.1, 0.15) is 60.9 Å². The van der Waals surface area contributed by atoms with E-state index < -0.39 is 5.97 Å². The largest absolute Gasteiger partial charge is 0.480 e. The van der Waals surface area contributed by atoms with Crippen LogP contribution in [0.5, 0.6) is 0 Å². The third-order valence-corrected chi connectivity index (χ3v) is 7.98. The molecule has 1 aromatic heterocycles. The van der Waals surface area contributed by atoms with E-state index in [4.69, 9.17) is 4.98 Å². The van der Waals surface area contributed by atoms with Gasteiger partial charge < -0.3 is 15.3 Å². The van der Waals surface area contributed by atoms with Crippen molar-refractivity contribution in [3.05, 3.63) is 105 Å². The van der Waals surface area contributed by atoms with Crippen LogP contribution < -0.4 is 5.32 Å². The number of nitrogens with zero attached hydrogens (tertiary/aromatic N) is 2. The van der Waals surface area contributed by atoms with Gasteiger partial charge in [-0.05, 0) is 59.1 Å². The second-order valence-electron chi connectivity index (χ2n) is 11.5. The molecule has 0 saturated carbocycles. The fourth-order valence-electron chi connectivity index (χ4n) is 4.81. The molecule has 0 aliphatic rings. The molecule has 220 valence electrons. The summed E-state index contributed by atoms with van der Waals surface area (Å²) in [5.74, 6) is -0.196. The normalized spacial score (nSPS) is 11.2. The second-order valence-corrected chi connectivity index (χ2v) is 12.5. The number of aliphatic carboxylic acids is 1. The molecule has 7 heteroatoms. The van der Waals surface area contributed by atoms with Gasteiger partial charge in [-0.3, -0.25) is 9.59 Å².